The van der Waals surface area contributed by atoms with Crippen molar-refractivity contribution in [3.05, 3.63) is 24.8 Å². The number of hydrogen-bond donors (Lipinski definition) is 1. The minimum atomic E-state index is -0.579. The predicted octanol–water partition coefficient (Wildman–Crippen LogP) is 0.537. The summed E-state index contributed by atoms with van der Waals surface area (Å²) in [6.45, 7) is 4.33. The molecule has 72 valence electrons. The van der Waals surface area contributed by atoms with Gasteiger partial charge < -0.3 is 10.5 Å². The van der Waals surface area contributed by atoms with Gasteiger partial charge in [-0.25, -0.2) is 9.59 Å². The maximum atomic E-state index is 9.92. The average molecular weight is 183 g/mol. The Morgan fingerprint density at radius 3 is 2.08 bits per heavy atom. The Bertz CT molecular complexity index is 205. The lowest BCUT2D eigenvalue weighted by Gasteiger charge is -1.82. The van der Waals surface area contributed by atoms with E-state index in [1.54, 1.807) is 0 Å². The number of allylic oxidation sites excluding steroid dienone is 1. The van der Waals surface area contributed by atoms with Crippen LogP contribution in [0.1, 0.15) is 12.8 Å². The number of nitrogens with two attached hydrogens (primary N) is 1. The van der Waals surface area contributed by atoms with Crippen LogP contribution in [0.4, 0.5) is 0 Å². The summed E-state index contributed by atoms with van der Waals surface area (Å²) in [5, 5.41) is 0. The molecule has 0 unspecified atom stereocenters. The molecule has 2 N–H and O–H groups in total. The molecule has 0 aromatic heterocycles. The molecule has 0 amide bonds. The molecule has 0 atom stereocenters. The molecule has 0 aromatic carbocycles. The van der Waals surface area contributed by atoms with Crippen molar-refractivity contribution >= 4 is 11.9 Å². The number of carbonyl (C=O) groups is 2. The minimum Gasteiger partial charge on any atom is -0.387 e. The summed E-state index contributed by atoms with van der Waals surface area (Å²) in [6.07, 6.45) is 6.18. The summed E-state index contributed by atoms with van der Waals surface area (Å²) >= 11 is 0. The minimum absolute atomic E-state index is 0.579. The molecule has 0 aliphatic carbocycles. The SMILES string of the molecule is C=CCCCN.O=C1C=CC(=O)O1. The number of carbonyl (C=O) groups excluding carboxylic acids is 2. The maximum absolute atomic E-state index is 9.92. The van der Waals surface area contributed by atoms with Crippen molar-refractivity contribution in [3.8, 4) is 0 Å². The Labute approximate surface area is 77.1 Å². The van der Waals surface area contributed by atoms with Gasteiger partial charge in [0.25, 0.3) is 0 Å². The number of unbranched alkanes of at least 4 members (excludes halogenated alkanes) is 1. The fraction of sp³-hybridized carbons (Fsp3) is 0.333. The third-order valence-corrected chi connectivity index (χ3v) is 1.17. The monoisotopic (exact) mass is 183 g/mol. The number of cyclic esters (lactones) is 2. The molecule has 0 spiro atoms. The zero-order chi connectivity index (χ0) is 10.1. The van der Waals surface area contributed by atoms with Crippen LogP contribution in [0.15, 0.2) is 24.8 Å². The summed E-state index contributed by atoms with van der Waals surface area (Å²) in [7, 11) is 0. The average Bonchev–Trinajstić information content (AvgIpc) is 2.47. The number of esters is 2. The summed E-state index contributed by atoms with van der Waals surface area (Å²) in [5.74, 6) is -1.16. The number of ether oxygens (including phenoxy) is 1. The molecule has 1 aliphatic heterocycles. The Morgan fingerprint density at radius 1 is 1.38 bits per heavy atom. The summed E-state index contributed by atoms with van der Waals surface area (Å²) in [6, 6.07) is 0. The van der Waals surface area contributed by atoms with Crippen LogP contribution < -0.4 is 5.73 Å². The van der Waals surface area contributed by atoms with Crippen LogP contribution >= 0.6 is 0 Å². The van der Waals surface area contributed by atoms with Crippen LogP contribution in [-0.4, -0.2) is 18.5 Å². The van der Waals surface area contributed by atoms with Gasteiger partial charge in [0, 0.05) is 12.2 Å². The van der Waals surface area contributed by atoms with Crippen LogP contribution in [0.25, 0.3) is 0 Å². The summed E-state index contributed by atoms with van der Waals surface area (Å²) < 4.78 is 3.97. The van der Waals surface area contributed by atoms with Crippen LogP contribution in [0.5, 0.6) is 0 Å². The van der Waals surface area contributed by atoms with Crippen LogP contribution in [-0.2, 0) is 14.3 Å². The van der Waals surface area contributed by atoms with E-state index in [0.29, 0.717) is 0 Å². The van der Waals surface area contributed by atoms with Gasteiger partial charge in [-0.2, -0.15) is 0 Å². The van der Waals surface area contributed by atoms with E-state index in [1.807, 2.05) is 6.08 Å². The van der Waals surface area contributed by atoms with Gasteiger partial charge in [-0.1, -0.05) is 6.08 Å². The third kappa shape index (κ3) is 6.96. The first-order chi connectivity index (χ1) is 6.20. The predicted molar refractivity (Wildman–Crippen MR) is 48.7 cm³/mol. The molecule has 0 saturated carbocycles. The van der Waals surface area contributed by atoms with Gasteiger partial charge in [0.1, 0.15) is 0 Å². The van der Waals surface area contributed by atoms with Crippen molar-refractivity contribution < 1.29 is 14.3 Å². The first-order valence-corrected chi connectivity index (χ1v) is 3.95. The number of rotatable bonds is 3. The van der Waals surface area contributed by atoms with Crippen molar-refractivity contribution in [2.75, 3.05) is 6.54 Å². The Kier molecular flexibility index (Phi) is 6.45. The highest BCUT2D eigenvalue weighted by Gasteiger charge is 2.10. The molecule has 0 aromatic rings. The molecule has 13 heavy (non-hydrogen) atoms. The van der Waals surface area contributed by atoms with Crippen LogP contribution in [0, 0.1) is 0 Å². The molecule has 0 radical (unpaired) electrons. The first-order valence-electron chi connectivity index (χ1n) is 3.95. The van der Waals surface area contributed by atoms with Gasteiger partial charge in [-0.15, -0.1) is 6.58 Å². The molecule has 0 bridgehead atoms. The molecule has 1 heterocycles. The van der Waals surface area contributed by atoms with Gasteiger partial charge in [0.05, 0.1) is 0 Å². The quantitative estimate of drug-likeness (QED) is 0.300. The van der Waals surface area contributed by atoms with Crippen LogP contribution in [0.2, 0.25) is 0 Å². The second-order valence-electron chi connectivity index (χ2n) is 2.29. The Balaban J connectivity index is 0.000000226. The molecule has 1 aliphatic rings. The molecule has 0 saturated heterocycles. The molecule has 4 nitrogen and oxygen atoms in total. The number of hydrogen-bond acceptors (Lipinski definition) is 4. The van der Waals surface area contributed by atoms with E-state index in [0.717, 1.165) is 31.5 Å². The van der Waals surface area contributed by atoms with E-state index < -0.39 is 11.9 Å². The second kappa shape index (κ2) is 7.24. The largest absolute Gasteiger partial charge is 0.387 e. The molecular formula is C9H13NO3. The molecule has 1 rings (SSSR count). The lowest BCUT2D eigenvalue weighted by molar-refractivity contribution is -0.150. The first kappa shape index (κ1) is 11.6. The lowest BCUT2D eigenvalue weighted by Crippen LogP contribution is -1.96. The van der Waals surface area contributed by atoms with E-state index in [-0.39, 0.29) is 0 Å². The van der Waals surface area contributed by atoms with E-state index in [1.165, 1.54) is 0 Å². The molecular weight excluding hydrogens is 170 g/mol. The van der Waals surface area contributed by atoms with Gasteiger partial charge in [0.2, 0.25) is 0 Å². The zero-order valence-corrected chi connectivity index (χ0v) is 7.36. The second-order valence-corrected chi connectivity index (χ2v) is 2.29. The Hall–Kier alpha value is -1.42. The van der Waals surface area contributed by atoms with E-state index in [4.69, 9.17) is 5.73 Å². The standard InChI is InChI=1S/C5H11N.C4H2O3/c1-2-3-4-5-6;5-3-1-2-4(6)7-3/h2H,1,3-6H2;1-2H. The normalized spacial score (nSPS) is 13.3. The van der Waals surface area contributed by atoms with Crippen molar-refractivity contribution in [3.63, 3.8) is 0 Å². The van der Waals surface area contributed by atoms with E-state index in [9.17, 15) is 9.59 Å². The highest BCUT2D eigenvalue weighted by atomic mass is 16.6. The van der Waals surface area contributed by atoms with Crippen molar-refractivity contribution in [2.24, 2.45) is 5.73 Å². The van der Waals surface area contributed by atoms with Gasteiger partial charge in [-0.05, 0) is 19.4 Å². The van der Waals surface area contributed by atoms with Gasteiger partial charge in [-0.3, -0.25) is 0 Å². The van der Waals surface area contributed by atoms with Gasteiger partial charge in [0.15, 0.2) is 0 Å². The smallest absolute Gasteiger partial charge is 0.338 e. The van der Waals surface area contributed by atoms with Crippen molar-refractivity contribution in [2.45, 2.75) is 12.8 Å². The summed E-state index contributed by atoms with van der Waals surface area (Å²) in [4.78, 5) is 19.8. The van der Waals surface area contributed by atoms with Crippen molar-refractivity contribution in [1.82, 2.24) is 0 Å². The molecule has 4 heteroatoms. The van der Waals surface area contributed by atoms with Gasteiger partial charge >= 0.3 is 11.9 Å². The fourth-order valence-corrected chi connectivity index (χ4v) is 0.565. The molecule has 0 fully saturated rings. The van der Waals surface area contributed by atoms with Crippen molar-refractivity contribution in [1.29, 1.82) is 0 Å². The zero-order valence-electron chi connectivity index (χ0n) is 7.36. The topological polar surface area (TPSA) is 69.4 Å². The summed E-state index contributed by atoms with van der Waals surface area (Å²) in [5.41, 5.74) is 5.17. The van der Waals surface area contributed by atoms with E-state index in [2.05, 4.69) is 11.3 Å². The highest BCUT2D eigenvalue weighted by Crippen LogP contribution is 1.92. The van der Waals surface area contributed by atoms with Crippen LogP contribution in [0.3, 0.4) is 0 Å². The lowest BCUT2D eigenvalue weighted by atomic mass is 10.3. The maximum Gasteiger partial charge on any atom is 0.338 e. The fourth-order valence-electron chi connectivity index (χ4n) is 0.565. The highest BCUT2D eigenvalue weighted by molar-refractivity contribution is 6.04. The van der Waals surface area contributed by atoms with E-state index >= 15 is 0 Å². The Morgan fingerprint density at radius 2 is 1.92 bits per heavy atom. The third-order valence-electron chi connectivity index (χ3n) is 1.17.